The molecule has 0 unspecified atom stereocenters. The number of anilines is 1. The second-order valence-corrected chi connectivity index (χ2v) is 6.66. The minimum atomic E-state index is -1.44. The fourth-order valence-corrected chi connectivity index (χ4v) is 3.18. The molecular formula is C19H15F2N3O5. The van der Waals surface area contributed by atoms with E-state index in [2.05, 4.69) is 5.32 Å². The predicted molar refractivity (Wildman–Crippen MR) is 95.1 cm³/mol. The van der Waals surface area contributed by atoms with E-state index < -0.39 is 47.3 Å². The molecule has 2 aliphatic rings. The van der Waals surface area contributed by atoms with Crippen molar-refractivity contribution in [1.82, 2.24) is 10.2 Å². The van der Waals surface area contributed by atoms with Crippen molar-refractivity contribution in [2.75, 3.05) is 18.7 Å². The molecule has 1 atom stereocenters. The highest BCUT2D eigenvalue weighted by Crippen LogP contribution is 2.37. The van der Waals surface area contributed by atoms with E-state index in [9.17, 15) is 23.2 Å². The second-order valence-electron chi connectivity index (χ2n) is 6.66. The van der Waals surface area contributed by atoms with Gasteiger partial charge in [0, 0.05) is 0 Å². The summed E-state index contributed by atoms with van der Waals surface area (Å²) in [6.07, 6.45) is 0. The number of ether oxygens (including phenoxy) is 2. The average molecular weight is 403 g/mol. The zero-order valence-electron chi connectivity index (χ0n) is 15.1. The Bertz CT molecular complexity index is 1020. The number of urea groups is 1. The third-order valence-corrected chi connectivity index (χ3v) is 4.75. The van der Waals surface area contributed by atoms with Crippen LogP contribution in [0, 0.1) is 11.6 Å². The van der Waals surface area contributed by atoms with Crippen LogP contribution in [0.25, 0.3) is 0 Å². The van der Waals surface area contributed by atoms with E-state index in [0.717, 1.165) is 18.2 Å². The van der Waals surface area contributed by atoms with Crippen LogP contribution in [0.5, 0.6) is 11.5 Å². The van der Waals surface area contributed by atoms with Crippen LogP contribution in [0.15, 0.2) is 36.4 Å². The minimum absolute atomic E-state index is 0.0503. The molecule has 2 aromatic carbocycles. The number of nitrogens with one attached hydrogen (secondary N) is 2. The van der Waals surface area contributed by atoms with Crippen molar-refractivity contribution in [1.29, 1.82) is 0 Å². The molecule has 0 bridgehead atoms. The van der Waals surface area contributed by atoms with Crippen LogP contribution in [-0.4, -0.2) is 36.1 Å². The molecule has 0 spiro atoms. The van der Waals surface area contributed by atoms with Gasteiger partial charge in [-0.25, -0.2) is 13.6 Å². The van der Waals surface area contributed by atoms with Crippen LogP contribution in [0.2, 0.25) is 0 Å². The van der Waals surface area contributed by atoms with Gasteiger partial charge in [0.1, 0.15) is 29.4 Å². The Morgan fingerprint density at radius 2 is 1.86 bits per heavy atom. The van der Waals surface area contributed by atoms with Crippen LogP contribution < -0.4 is 20.1 Å². The summed E-state index contributed by atoms with van der Waals surface area (Å²) < 4.78 is 37.9. The Hall–Kier alpha value is -3.69. The Kier molecular flexibility index (Phi) is 4.33. The van der Waals surface area contributed by atoms with Gasteiger partial charge in [-0.2, -0.15) is 0 Å². The maximum absolute atomic E-state index is 13.7. The number of halogens is 2. The van der Waals surface area contributed by atoms with Crippen molar-refractivity contribution in [2.45, 2.75) is 12.5 Å². The van der Waals surface area contributed by atoms with Gasteiger partial charge in [-0.3, -0.25) is 14.5 Å². The normalized spacial score (nSPS) is 20.0. The zero-order valence-corrected chi connectivity index (χ0v) is 15.1. The van der Waals surface area contributed by atoms with E-state index >= 15 is 0 Å². The summed E-state index contributed by atoms with van der Waals surface area (Å²) in [5.74, 6) is -2.62. The summed E-state index contributed by atoms with van der Waals surface area (Å²) in [5.41, 5.74) is -1.66. The zero-order chi connectivity index (χ0) is 20.8. The van der Waals surface area contributed by atoms with Gasteiger partial charge in [-0.1, -0.05) is 12.1 Å². The van der Waals surface area contributed by atoms with Crippen molar-refractivity contribution in [3.8, 4) is 11.5 Å². The maximum atomic E-state index is 13.7. The maximum Gasteiger partial charge on any atom is 0.325 e. The van der Waals surface area contributed by atoms with Gasteiger partial charge in [0.2, 0.25) is 12.7 Å². The number of amides is 4. The summed E-state index contributed by atoms with van der Waals surface area (Å²) >= 11 is 0. The monoisotopic (exact) mass is 403 g/mol. The number of fused-ring (bicyclic) bond motifs is 1. The second kappa shape index (κ2) is 6.73. The quantitative estimate of drug-likeness (QED) is 0.763. The highest BCUT2D eigenvalue weighted by Gasteiger charge is 2.50. The number of nitrogens with zero attached hydrogens (tertiary/aromatic N) is 1. The molecule has 29 heavy (non-hydrogen) atoms. The largest absolute Gasteiger partial charge is 0.454 e. The summed E-state index contributed by atoms with van der Waals surface area (Å²) in [6, 6.07) is 7.07. The molecule has 0 radical (unpaired) electrons. The van der Waals surface area contributed by atoms with E-state index in [-0.39, 0.29) is 6.79 Å². The number of carbonyl (C=O) groups excluding carboxylic acids is 3. The summed E-state index contributed by atoms with van der Waals surface area (Å²) in [4.78, 5) is 38.1. The van der Waals surface area contributed by atoms with Crippen LogP contribution in [0.4, 0.5) is 19.3 Å². The van der Waals surface area contributed by atoms with Crippen LogP contribution in [0.1, 0.15) is 12.5 Å². The summed E-state index contributed by atoms with van der Waals surface area (Å²) in [7, 11) is 0. The highest BCUT2D eigenvalue weighted by atomic mass is 19.1. The lowest BCUT2D eigenvalue weighted by Gasteiger charge is -2.22. The van der Waals surface area contributed by atoms with Crippen LogP contribution >= 0.6 is 0 Å². The Balaban J connectivity index is 1.53. The Labute approximate surface area is 163 Å². The molecule has 2 aliphatic heterocycles. The average Bonchev–Trinajstić information content (AvgIpc) is 3.23. The first-order valence-electron chi connectivity index (χ1n) is 8.57. The fraction of sp³-hybridized carbons (Fsp3) is 0.211. The fourth-order valence-electron chi connectivity index (χ4n) is 3.18. The number of hydrogen-bond acceptors (Lipinski definition) is 5. The molecule has 0 saturated carbocycles. The van der Waals surface area contributed by atoms with Gasteiger partial charge >= 0.3 is 6.03 Å². The van der Waals surface area contributed by atoms with Crippen molar-refractivity contribution < 1.29 is 32.6 Å². The lowest BCUT2D eigenvalue weighted by atomic mass is 9.91. The molecule has 2 N–H and O–H groups in total. The minimum Gasteiger partial charge on any atom is -0.454 e. The van der Waals surface area contributed by atoms with Crippen molar-refractivity contribution in [3.63, 3.8) is 0 Å². The smallest absolute Gasteiger partial charge is 0.325 e. The predicted octanol–water partition coefficient (Wildman–Crippen LogP) is 2.10. The van der Waals surface area contributed by atoms with Crippen molar-refractivity contribution >= 4 is 23.5 Å². The lowest BCUT2D eigenvalue weighted by molar-refractivity contribution is -0.133. The molecule has 1 saturated heterocycles. The van der Waals surface area contributed by atoms with Gasteiger partial charge < -0.3 is 20.1 Å². The van der Waals surface area contributed by atoms with E-state index in [1.165, 1.54) is 6.92 Å². The first kappa shape index (κ1) is 18.7. The Morgan fingerprint density at radius 3 is 2.59 bits per heavy atom. The molecule has 2 aromatic rings. The van der Waals surface area contributed by atoms with Gasteiger partial charge in [0.05, 0.1) is 0 Å². The lowest BCUT2D eigenvalue weighted by Crippen LogP contribution is -2.42. The number of carbonyl (C=O) groups is 3. The first-order valence-corrected chi connectivity index (χ1v) is 8.57. The first-order chi connectivity index (χ1) is 13.8. The van der Waals surface area contributed by atoms with E-state index in [4.69, 9.17) is 9.47 Å². The topological polar surface area (TPSA) is 97.0 Å². The van der Waals surface area contributed by atoms with Crippen molar-refractivity contribution in [2.24, 2.45) is 0 Å². The van der Waals surface area contributed by atoms with Gasteiger partial charge in [0.25, 0.3) is 5.91 Å². The van der Waals surface area contributed by atoms with E-state index in [1.807, 2.05) is 5.32 Å². The van der Waals surface area contributed by atoms with Gasteiger partial charge in [-0.05, 0) is 36.8 Å². The van der Waals surface area contributed by atoms with Gasteiger partial charge in [-0.15, -0.1) is 0 Å². The molecular weight excluding hydrogens is 388 g/mol. The summed E-state index contributed by atoms with van der Waals surface area (Å²) in [5, 5.41) is 4.59. The third kappa shape index (κ3) is 3.12. The number of hydrogen-bond donors (Lipinski definition) is 2. The summed E-state index contributed by atoms with van der Waals surface area (Å²) in [6.45, 7) is 0.826. The molecule has 0 aromatic heterocycles. The van der Waals surface area contributed by atoms with Crippen LogP contribution in [-0.2, 0) is 15.1 Å². The number of para-hydroxylation sites is 1. The number of imide groups is 1. The molecule has 2 heterocycles. The molecule has 150 valence electrons. The van der Waals surface area contributed by atoms with Gasteiger partial charge in [0.15, 0.2) is 11.5 Å². The SMILES string of the molecule is C[C@]1(c2ccc3c(c2)OCO3)NC(=O)N(CC(=O)Nc2c(F)cccc2F)C1=O. The molecule has 1 fully saturated rings. The molecule has 4 amide bonds. The standard InChI is InChI=1S/C19H15F2N3O5/c1-19(10-5-6-13-14(7-10)29-9-28-13)17(26)24(18(27)23-19)8-15(25)22-16-11(20)3-2-4-12(16)21/h2-7H,8-9H2,1H3,(H,22,25)(H,23,27)/t19-/m1/s1. The molecule has 8 nitrogen and oxygen atoms in total. The van der Waals surface area contributed by atoms with E-state index in [0.29, 0.717) is 22.0 Å². The number of rotatable bonds is 4. The Morgan fingerprint density at radius 1 is 1.17 bits per heavy atom. The molecule has 0 aliphatic carbocycles. The number of benzene rings is 2. The molecule has 10 heteroatoms. The van der Waals surface area contributed by atoms with Crippen molar-refractivity contribution in [3.05, 3.63) is 53.6 Å². The van der Waals surface area contributed by atoms with Crippen LogP contribution in [0.3, 0.4) is 0 Å². The molecule has 4 rings (SSSR count). The highest BCUT2D eigenvalue weighted by molar-refractivity contribution is 6.10. The van der Waals surface area contributed by atoms with E-state index in [1.54, 1.807) is 18.2 Å². The third-order valence-electron chi connectivity index (χ3n) is 4.75.